The van der Waals surface area contributed by atoms with Gasteiger partial charge in [-0.3, -0.25) is 0 Å². The summed E-state index contributed by atoms with van der Waals surface area (Å²) in [5.41, 5.74) is 0. The van der Waals surface area contributed by atoms with E-state index >= 15 is 0 Å². The van der Waals surface area contributed by atoms with Crippen molar-refractivity contribution >= 4 is 19.7 Å². The Hall–Kier alpha value is 0.0400. The summed E-state index contributed by atoms with van der Waals surface area (Å²) in [4.78, 5) is 0. The largest absolute Gasteiger partial charge is 0.245 e. The van der Waals surface area contributed by atoms with Crippen LogP contribution in [0.25, 0.3) is 0 Å². The third-order valence-corrected chi connectivity index (χ3v) is 3.16. The predicted molar refractivity (Wildman–Crippen MR) is 37.0 cm³/mol. The van der Waals surface area contributed by atoms with Crippen LogP contribution in [0.1, 0.15) is 6.92 Å². The smallest absolute Gasteiger partial charge is 0.135 e. The fraction of sp³-hybridized carbons (Fsp3) is 0.500. The van der Waals surface area contributed by atoms with Crippen molar-refractivity contribution in [2.75, 3.05) is 6.26 Å². The molecule has 0 amide bonds. The first kappa shape index (κ1) is 8.04. The van der Waals surface area contributed by atoms with Crippen molar-refractivity contribution in [1.82, 2.24) is 0 Å². The van der Waals surface area contributed by atoms with Crippen molar-refractivity contribution in [2.45, 2.75) is 6.92 Å². The second-order valence-electron chi connectivity index (χ2n) is 1.13. The maximum Gasteiger partial charge on any atom is 0.135 e. The Morgan fingerprint density at radius 3 is 2.00 bits per heavy atom. The zero-order valence-electron chi connectivity index (χ0n) is 4.79. The van der Waals surface area contributed by atoms with Crippen molar-refractivity contribution in [3.05, 3.63) is 11.5 Å². The SMILES string of the molecule is CC=CS(=O)S(C)=O. The lowest BCUT2D eigenvalue weighted by molar-refractivity contribution is 0.681. The van der Waals surface area contributed by atoms with Gasteiger partial charge in [-0.15, -0.1) is 0 Å². The molecule has 0 bridgehead atoms. The number of allylic oxidation sites excluding steroid dienone is 1. The molecular formula is C4H8O2S2. The molecule has 0 aliphatic heterocycles. The summed E-state index contributed by atoms with van der Waals surface area (Å²) in [5, 5.41) is 1.41. The minimum atomic E-state index is -1.28. The van der Waals surface area contributed by atoms with Crippen LogP contribution in [0, 0.1) is 0 Å². The molecule has 0 N–H and O–H groups in total. The summed E-state index contributed by atoms with van der Waals surface area (Å²) >= 11 is 0. The van der Waals surface area contributed by atoms with E-state index in [4.69, 9.17) is 0 Å². The normalized spacial score (nSPS) is 18.8. The van der Waals surface area contributed by atoms with Gasteiger partial charge in [-0.1, -0.05) is 6.08 Å². The Morgan fingerprint density at radius 1 is 1.38 bits per heavy atom. The second kappa shape index (κ2) is 3.97. The summed E-state index contributed by atoms with van der Waals surface area (Å²) in [6, 6.07) is 0. The fourth-order valence-electron chi connectivity index (χ4n) is 0.189. The summed E-state index contributed by atoms with van der Waals surface area (Å²) < 4.78 is 20.8. The highest BCUT2D eigenvalue weighted by Crippen LogP contribution is 1.87. The molecule has 0 heterocycles. The van der Waals surface area contributed by atoms with Gasteiger partial charge in [0.1, 0.15) is 19.7 Å². The molecule has 4 heteroatoms. The molecule has 0 rings (SSSR count). The molecule has 2 unspecified atom stereocenters. The Bertz CT molecular complexity index is 139. The molecule has 48 valence electrons. The van der Waals surface area contributed by atoms with Crippen LogP contribution in [0.5, 0.6) is 0 Å². The summed E-state index contributed by atoms with van der Waals surface area (Å²) in [7, 11) is -2.50. The molecule has 2 atom stereocenters. The van der Waals surface area contributed by atoms with Crippen LogP contribution in [0.3, 0.4) is 0 Å². The van der Waals surface area contributed by atoms with E-state index in [1.807, 2.05) is 0 Å². The van der Waals surface area contributed by atoms with Crippen LogP contribution in [-0.2, 0) is 19.7 Å². The van der Waals surface area contributed by atoms with Gasteiger partial charge in [-0.05, 0) is 6.92 Å². The first-order chi connectivity index (χ1) is 3.68. The highest BCUT2D eigenvalue weighted by molar-refractivity contribution is 8.61. The standard InChI is InChI=1S/C4H8O2S2/c1-3-4-8(6)7(2)5/h3-4H,1-2H3. The molecule has 0 saturated heterocycles. The van der Waals surface area contributed by atoms with Crippen LogP contribution in [0.4, 0.5) is 0 Å². The minimum Gasteiger partial charge on any atom is -0.245 e. The molecule has 0 aromatic rings. The lowest BCUT2D eigenvalue weighted by atomic mass is 10.8. The molecule has 0 aliphatic carbocycles. The van der Waals surface area contributed by atoms with Crippen molar-refractivity contribution in [1.29, 1.82) is 0 Å². The molecule has 0 spiro atoms. The fourth-order valence-corrected chi connectivity index (χ4v) is 1.37. The first-order valence-electron chi connectivity index (χ1n) is 2.05. The first-order valence-corrected chi connectivity index (χ1v) is 5.34. The van der Waals surface area contributed by atoms with Gasteiger partial charge in [-0.25, -0.2) is 8.42 Å². The molecule has 0 aliphatic rings. The van der Waals surface area contributed by atoms with Gasteiger partial charge in [0.25, 0.3) is 0 Å². The van der Waals surface area contributed by atoms with Crippen molar-refractivity contribution in [3.8, 4) is 0 Å². The third-order valence-electron chi connectivity index (χ3n) is 0.479. The van der Waals surface area contributed by atoms with Crippen LogP contribution >= 0.6 is 0 Å². The van der Waals surface area contributed by atoms with E-state index < -0.39 is 19.7 Å². The maximum absolute atomic E-state index is 10.5. The van der Waals surface area contributed by atoms with E-state index in [9.17, 15) is 8.42 Å². The summed E-state index contributed by atoms with van der Waals surface area (Å²) in [5.74, 6) is 0. The maximum atomic E-state index is 10.5. The zero-order chi connectivity index (χ0) is 6.57. The van der Waals surface area contributed by atoms with Crippen LogP contribution in [-0.4, -0.2) is 14.7 Å². The predicted octanol–water partition coefficient (Wildman–Crippen LogP) is 0.562. The Balaban J connectivity index is 3.85. The molecule has 0 saturated carbocycles. The third kappa shape index (κ3) is 3.10. The van der Waals surface area contributed by atoms with Crippen molar-refractivity contribution in [2.24, 2.45) is 0 Å². The van der Waals surface area contributed by atoms with Gasteiger partial charge in [0.05, 0.1) is 0 Å². The monoisotopic (exact) mass is 152 g/mol. The Morgan fingerprint density at radius 2 is 1.88 bits per heavy atom. The van der Waals surface area contributed by atoms with Crippen molar-refractivity contribution in [3.63, 3.8) is 0 Å². The zero-order valence-corrected chi connectivity index (χ0v) is 6.42. The van der Waals surface area contributed by atoms with E-state index in [0.29, 0.717) is 0 Å². The van der Waals surface area contributed by atoms with Gasteiger partial charge >= 0.3 is 0 Å². The average molecular weight is 152 g/mol. The van der Waals surface area contributed by atoms with Gasteiger partial charge < -0.3 is 0 Å². The number of hydrogen-bond donors (Lipinski definition) is 0. The lowest BCUT2D eigenvalue weighted by Gasteiger charge is -1.82. The highest BCUT2D eigenvalue weighted by Gasteiger charge is 1.94. The second-order valence-corrected chi connectivity index (χ2v) is 5.12. The molecular weight excluding hydrogens is 144 g/mol. The van der Waals surface area contributed by atoms with Gasteiger partial charge in [-0.2, -0.15) is 0 Å². The topological polar surface area (TPSA) is 34.1 Å². The molecule has 0 fully saturated rings. The van der Waals surface area contributed by atoms with Crippen LogP contribution in [0.15, 0.2) is 11.5 Å². The summed E-state index contributed by atoms with van der Waals surface area (Å²) in [6.07, 6.45) is 3.04. The summed E-state index contributed by atoms with van der Waals surface area (Å²) in [6.45, 7) is 1.74. The average Bonchev–Trinajstić information content (AvgIpc) is 1.67. The Kier molecular flexibility index (Phi) is 3.99. The van der Waals surface area contributed by atoms with E-state index in [1.54, 1.807) is 13.0 Å². The number of hydrogen-bond acceptors (Lipinski definition) is 2. The molecule has 0 aromatic heterocycles. The molecule has 2 nitrogen and oxygen atoms in total. The minimum absolute atomic E-state index is 1.22. The van der Waals surface area contributed by atoms with E-state index in [-0.39, 0.29) is 0 Å². The van der Waals surface area contributed by atoms with E-state index in [1.165, 1.54) is 11.7 Å². The lowest BCUT2D eigenvalue weighted by Crippen LogP contribution is -1.90. The molecule has 0 aromatic carbocycles. The van der Waals surface area contributed by atoms with E-state index in [2.05, 4.69) is 0 Å². The molecule has 8 heavy (non-hydrogen) atoms. The van der Waals surface area contributed by atoms with Crippen LogP contribution in [0.2, 0.25) is 0 Å². The van der Waals surface area contributed by atoms with Gasteiger partial charge in [0, 0.05) is 11.7 Å². The quantitative estimate of drug-likeness (QED) is 0.542. The van der Waals surface area contributed by atoms with E-state index in [0.717, 1.165) is 0 Å². The van der Waals surface area contributed by atoms with Gasteiger partial charge in [0.2, 0.25) is 0 Å². The molecule has 0 radical (unpaired) electrons. The Labute approximate surface area is 53.3 Å². The van der Waals surface area contributed by atoms with Crippen molar-refractivity contribution < 1.29 is 8.42 Å². The number of rotatable bonds is 2. The van der Waals surface area contributed by atoms with Crippen LogP contribution < -0.4 is 0 Å². The highest BCUT2D eigenvalue weighted by atomic mass is 33.1. The van der Waals surface area contributed by atoms with Gasteiger partial charge in [0.15, 0.2) is 0 Å².